The van der Waals surface area contributed by atoms with Crippen LogP contribution in [0.25, 0.3) is 77.5 Å². The molecule has 11 rings (SSSR count). The quantitative estimate of drug-likeness (QED) is 0.147. The van der Waals surface area contributed by atoms with Crippen LogP contribution < -0.4 is 4.90 Å². The van der Waals surface area contributed by atoms with Crippen LogP contribution in [-0.4, -0.2) is 0 Å². The summed E-state index contributed by atoms with van der Waals surface area (Å²) in [5.41, 5.74) is 21.6. The van der Waals surface area contributed by atoms with Gasteiger partial charge in [0.15, 0.2) is 0 Å². The zero-order valence-corrected chi connectivity index (χ0v) is 38.4. The van der Waals surface area contributed by atoms with Gasteiger partial charge in [0, 0.05) is 27.8 Å². The van der Waals surface area contributed by atoms with Gasteiger partial charge in [-0.2, -0.15) is 0 Å². The fourth-order valence-electron chi connectivity index (χ4n) is 10.4. The van der Waals surface area contributed by atoms with Crippen LogP contribution in [0.3, 0.4) is 0 Å². The number of fused-ring (bicyclic) bond motifs is 4. The largest absolute Gasteiger partial charge is 0.309 e. The highest BCUT2D eigenvalue weighted by molar-refractivity contribution is 6.11. The van der Waals surface area contributed by atoms with E-state index in [1.54, 1.807) is 0 Å². The molecule has 0 spiro atoms. The molecule has 0 aromatic heterocycles. The van der Waals surface area contributed by atoms with Crippen molar-refractivity contribution in [3.63, 3.8) is 0 Å². The zero-order chi connectivity index (χ0) is 45.0. The van der Waals surface area contributed by atoms with Crippen molar-refractivity contribution in [2.75, 3.05) is 4.90 Å². The highest BCUT2D eigenvalue weighted by Gasteiger charge is 2.36. The Labute approximate surface area is 390 Å². The van der Waals surface area contributed by atoms with Gasteiger partial charge in [-0.05, 0) is 113 Å². The third-order valence-electron chi connectivity index (χ3n) is 13.8. The van der Waals surface area contributed by atoms with E-state index in [0.29, 0.717) is 0 Å². The Kier molecular flexibility index (Phi) is 10.2. The molecule has 0 N–H and O–H groups in total. The summed E-state index contributed by atoms with van der Waals surface area (Å²) in [6.45, 7) is 11.6. The van der Waals surface area contributed by atoms with Crippen molar-refractivity contribution >= 4 is 27.8 Å². The predicted octanol–water partition coefficient (Wildman–Crippen LogP) is 18.2. The number of rotatable bonds is 8. The lowest BCUT2D eigenvalue weighted by atomic mass is 9.82. The van der Waals surface area contributed by atoms with Crippen molar-refractivity contribution in [3.8, 4) is 66.8 Å². The first kappa shape index (κ1) is 41.0. The topological polar surface area (TPSA) is 3.24 Å². The maximum atomic E-state index is 2.59. The Hall–Kier alpha value is -7.74. The molecule has 0 saturated carbocycles. The minimum absolute atomic E-state index is 0.0512. The van der Waals surface area contributed by atoms with E-state index < -0.39 is 0 Å². The van der Waals surface area contributed by atoms with E-state index in [2.05, 4.69) is 270 Å². The van der Waals surface area contributed by atoms with Gasteiger partial charge in [-0.1, -0.05) is 235 Å². The molecule has 66 heavy (non-hydrogen) atoms. The van der Waals surface area contributed by atoms with Crippen molar-refractivity contribution in [1.82, 2.24) is 0 Å². The molecule has 10 aromatic rings. The van der Waals surface area contributed by atoms with Crippen molar-refractivity contribution < 1.29 is 0 Å². The average molecular weight is 848 g/mol. The van der Waals surface area contributed by atoms with Gasteiger partial charge in [-0.15, -0.1) is 0 Å². The molecule has 1 heteroatoms. The van der Waals surface area contributed by atoms with Gasteiger partial charge in [-0.3, -0.25) is 0 Å². The number of benzene rings is 10. The van der Waals surface area contributed by atoms with Crippen LogP contribution in [0, 0.1) is 0 Å². The second-order valence-corrected chi connectivity index (χ2v) is 19.3. The third kappa shape index (κ3) is 7.13. The molecule has 1 nitrogen and oxygen atoms in total. The second-order valence-electron chi connectivity index (χ2n) is 19.3. The summed E-state index contributed by atoms with van der Waals surface area (Å²) in [6, 6.07) is 85.6. The first-order chi connectivity index (χ1) is 32.1. The first-order valence-electron chi connectivity index (χ1n) is 23.3. The Bertz CT molecular complexity index is 3330. The molecular weight excluding hydrogens is 795 g/mol. The van der Waals surface area contributed by atoms with E-state index in [-0.39, 0.29) is 10.8 Å². The maximum absolute atomic E-state index is 2.59. The van der Waals surface area contributed by atoms with Crippen LogP contribution in [0.15, 0.2) is 231 Å². The zero-order valence-electron chi connectivity index (χ0n) is 38.4. The Morgan fingerprint density at radius 2 is 0.879 bits per heavy atom. The normalized spacial score (nSPS) is 12.7. The van der Waals surface area contributed by atoms with Gasteiger partial charge < -0.3 is 4.90 Å². The molecule has 0 atom stereocenters. The fourth-order valence-corrected chi connectivity index (χ4v) is 10.4. The molecule has 0 aliphatic heterocycles. The van der Waals surface area contributed by atoms with Crippen molar-refractivity contribution in [2.45, 2.75) is 45.4 Å². The molecular formula is C65H53N. The Morgan fingerprint density at radius 3 is 1.50 bits per heavy atom. The van der Waals surface area contributed by atoms with E-state index in [4.69, 9.17) is 0 Å². The van der Waals surface area contributed by atoms with Crippen LogP contribution in [0.2, 0.25) is 0 Å². The van der Waals surface area contributed by atoms with Gasteiger partial charge in [0.25, 0.3) is 0 Å². The van der Waals surface area contributed by atoms with Gasteiger partial charge in [-0.25, -0.2) is 0 Å². The molecule has 10 aromatic carbocycles. The van der Waals surface area contributed by atoms with Crippen LogP contribution in [-0.2, 0) is 10.8 Å². The standard InChI is InChI=1S/C65H53N/c1-64(2,3)50-36-33-44(34-37-50)49-41-56(46-23-11-7-12-24-46)63(57(42-49)47-25-13-8-14-26-47)66(51-38-39-60-58(43-51)54-30-19-20-32-59(54)65(60,4)5)61-40-35-48-27-15-16-29-53(48)62(61)55-31-18-17-28-52(55)45-21-9-6-10-22-45/h6-43H,1-5H3. The smallest absolute Gasteiger partial charge is 0.0619 e. The minimum Gasteiger partial charge on any atom is -0.309 e. The number of nitrogens with zero attached hydrogens (tertiary/aromatic N) is 1. The van der Waals surface area contributed by atoms with Gasteiger partial charge in [0.2, 0.25) is 0 Å². The minimum atomic E-state index is -0.132. The summed E-state index contributed by atoms with van der Waals surface area (Å²) in [5, 5.41) is 2.40. The maximum Gasteiger partial charge on any atom is 0.0619 e. The lowest BCUT2D eigenvalue weighted by molar-refractivity contribution is 0.590. The van der Waals surface area contributed by atoms with Crippen LogP contribution in [0.4, 0.5) is 17.1 Å². The monoisotopic (exact) mass is 847 g/mol. The summed E-state index contributed by atoms with van der Waals surface area (Å²) in [4.78, 5) is 2.59. The highest BCUT2D eigenvalue weighted by atomic mass is 15.2. The molecule has 1 aliphatic carbocycles. The molecule has 0 fully saturated rings. The molecule has 1 aliphatic rings. The summed E-state index contributed by atoms with van der Waals surface area (Å²) in [7, 11) is 0. The molecule has 318 valence electrons. The first-order valence-corrected chi connectivity index (χ1v) is 23.3. The van der Waals surface area contributed by atoms with Crippen molar-refractivity contribution in [1.29, 1.82) is 0 Å². The van der Waals surface area contributed by atoms with E-state index in [9.17, 15) is 0 Å². The van der Waals surface area contributed by atoms with Crippen molar-refractivity contribution in [3.05, 3.63) is 247 Å². The van der Waals surface area contributed by atoms with E-state index in [0.717, 1.165) is 39.3 Å². The van der Waals surface area contributed by atoms with Gasteiger partial charge in [0.05, 0.1) is 11.4 Å². The van der Waals surface area contributed by atoms with Crippen LogP contribution >= 0.6 is 0 Å². The summed E-state index contributed by atoms with van der Waals surface area (Å²) >= 11 is 0. The summed E-state index contributed by atoms with van der Waals surface area (Å²) in [6.07, 6.45) is 0. The third-order valence-corrected chi connectivity index (χ3v) is 13.8. The molecule has 0 heterocycles. The highest BCUT2D eigenvalue weighted by Crippen LogP contribution is 2.55. The molecule has 0 unspecified atom stereocenters. The Morgan fingerprint density at radius 1 is 0.364 bits per heavy atom. The predicted molar refractivity (Wildman–Crippen MR) is 282 cm³/mol. The van der Waals surface area contributed by atoms with Crippen molar-refractivity contribution in [2.24, 2.45) is 0 Å². The fraction of sp³-hybridized carbons (Fsp3) is 0.108. The van der Waals surface area contributed by atoms with Crippen LogP contribution in [0.1, 0.15) is 51.3 Å². The second kappa shape index (κ2) is 16.4. The van der Waals surface area contributed by atoms with E-state index in [1.807, 2.05) is 0 Å². The summed E-state index contributed by atoms with van der Waals surface area (Å²) in [5.74, 6) is 0. The van der Waals surface area contributed by atoms with E-state index in [1.165, 1.54) is 72.0 Å². The molecule has 0 saturated heterocycles. The van der Waals surface area contributed by atoms with E-state index >= 15 is 0 Å². The molecule has 0 radical (unpaired) electrons. The Balaban J connectivity index is 1.29. The number of hydrogen-bond acceptors (Lipinski definition) is 1. The van der Waals surface area contributed by atoms with Gasteiger partial charge >= 0.3 is 0 Å². The molecule has 0 amide bonds. The van der Waals surface area contributed by atoms with Gasteiger partial charge in [0.1, 0.15) is 0 Å². The lowest BCUT2D eigenvalue weighted by Gasteiger charge is -2.34. The summed E-state index contributed by atoms with van der Waals surface area (Å²) < 4.78 is 0. The van der Waals surface area contributed by atoms with Crippen LogP contribution in [0.5, 0.6) is 0 Å². The number of anilines is 3. The number of hydrogen-bond donors (Lipinski definition) is 0. The molecule has 0 bridgehead atoms. The average Bonchev–Trinajstić information content (AvgIpc) is 3.59. The lowest BCUT2D eigenvalue weighted by Crippen LogP contribution is -2.16. The SMILES string of the molecule is CC(C)(C)c1ccc(-c2cc(-c3ccccc3)c(N(c3ccc4c(c3)-c3ccccc3C4(C)C)c3ccc4ccccc4c3-c3ccccc3-c3ccccc3)c(-c3ccccc3)c2)cc1.